The number of nitrogens with one attached hydrogen (secondary N) is 1. The fourth-order valence-corrected chi connectivity index (χ4v) is 3.12. The lowest BCUT2D eigenvalue weighted by Gasteiger charge is -2.23. The van der Waals surface area contributed by atoms with Crippen LogP contribution in [0.15, 0.2) is 24.5 Å². The number of nitrogens with zero attached hydrogens (tertiary/aromatic N) is 3. The van der Waals surface area contributed by atoms with Crippen molar-refractivity contribution in [2.24, 2.45) is 5.92 Å². The van der Waals surface area contributed by atoms with Crippen molar-refractivity contribution in [3.63, 3.8) is 0 Å². The average molecular weight is 436 g/mol. The number of carbonyl (C=O) groups excluding carboxylic acids is 2. The predicted octanol–water partition coefficient (Wildman–Crippen LogP) is 3.52. The summed E-state index contributed by atoms with van der Waals surface area (Å²) in [6.07, 6.45) is 1.28. The van der Waals surface area contributed by atoms with E-state index in [1.165, 1.54) is 18.5 Å². The lowest BCUT2D eigenvalue weighted by molar-refractivity contribution is -0.154. The van der Waals surface area contributed by atoms with Crippen LogP contribution in [0.25, 0.3) is 0 Å². The lowest BCUT2D eigenvalue weighted by Crippen LogP contribution is -2.28. The van der Waals surface area contributed by atoms with Crippen molar-refractivity contribution in [2.45, 2.75) is 51.7 Å². The first kappa shape index (κ1) is 22.6. The van der Waals surface area contributed by atoms with Crippen molar-refractivity contribution >= 4 is 11.7 Å². The maximum absolute atomic E-state index is 12.6. The normalized spacial score (nSPS) is 15.1. The summed E-state index contributed by atoms with van der Waals surface area (Å²) in [6, 6.07) is 2.58. The number of pyridine rings is 1. The fourth-order valence-electron chi connectivity index (χ4n) is 3.12. The summed E-state index contributed by atoms with van der Waals surface area (Å²) in [6.45, 7) is 1.87. The highest BCUT2D eigenvalue weighted by Gasteiger charge is 2.29. The molecule has 0 bridgehead atoms. The molecule has 1 unspecified atom stereocenters. The van der Waals surface area contributed by atoms with Crippen LogP contribution in [0.5, 0.6) is 5.88 Å². The van der Waals surface area contributed by atoms with E-state index in [1.54, 1.807) is 19.9 Å². The Labute approximate surface area is 177 Å². The molecule has 0 saturated heterocycles. The molecule has 0 radical (unpaired) electrons. The predicted molar refractivity (Wildman–Crippen MR) is 104 cm³/mol. The standard InChI is InChI=1S/C21H23F3N4O3/c1-12-8-15(10-26-20(12)31-11-21(22,23)24)13(2)27-19(30)16-6-7-25-18(28-16)9-17(29)14-4-3-5-14/h6-8,10,13-14H,3-5,9,11H2,1-2H3,(H,27,30). The first-order chi connectivity index (χ1) is 14.6. The molecule has 1 amide bonds. The molecule has 1 aliphatic carbocycles. The zero-order chi connectivity index (χ0) is 22.6. The largest absolute Gasteiger partial charge is 0.468 e. The van der Waals surface area contributed by atoms with E-state index in [9.17, 15) is 22.8 Å². The Balaban J connectivity index is 1.61. The highest BCUT2D eigenvalue weighted by Crippen LogP contribution is 2.28. The summed E-state index contributed by atoms with van der Waals surface area (Å²) in [7, 11) is 0. The van der Waals surface area contributed by atoms with E-state index in [2.05, 4.69) is 20.3 Å². The Morgan fingerprint density at radius 1 is 1.29 bits per heavy atom. The second-order valence-corrected chi connectivity index (χ2v) is 7.62. The molecule has 0 aliphatic heterocycles. The van der Waals surface area contributed by atoms with Crippen LogP contribution in [0.2, 0.25) is 0 Å². The van der Waals surface area contributed by atoms with Crippen molar-refractivity contribution in [1.29, 1.82) is 0 Å². The van der Waals surface area contributed by atoms with Crippen LogP contribution in [0.1, 0.15) is 59.7 Å². The minimum atomic E-state index is -4.45. The number of hydrogen-bond donors (Lipinski definition) is 1. The molecule has 3 rings (SSSR count). The second kappa shape index (κ2) is 9.40. The molecule has 1 atom stereocenters. The second-order valence-electron chi connectivity index (χ2n) is 7.62. The molecule has 2 aromatic rings. The first-order valence-corrected chi connectivity index (χ1v) is 9.94. The molecule has 0 aromatic carbocycles. The minimum absolute atomic E-state index is 0.0694. The molecule has 31 heavy (non-hydrogen) atoms. The smallest absolute Gasteiger partial charge is 0.422 e. The molecule has 166 valence electrons. The van der Waals surface area contributed by atoms with Crippen LogP contribution in [-0.4, -0.2) is 39.4 Å². The van der Waals surface area contributed by atoms with Gasteiger partial charge in [-0.25, -0.2) is 15.0 Å². The minimum Gasteiger partial charge on any atom is -0.468 e. The van der Waals surface area contributed by atoms with Gasteiger partial charge in [0.1, 0.15) is 17.3 Å². The Morgan fingerprint density at radius 3 is 2.65 bits per heavy atom. The monoisotopic (exact) mass is 436 g/mol. The number of rotatable bonds is 8. The first-order valence-electron chi connectivity index (χ1n) is 9.94. The van der Waals surface area contributed by atoms with Crippen LogP contribution < -0.4 is 10.1 Å². The SMILES string of the molecule is Cc1cc(C(C)NC(=O)c2ccnc(CC(=O)C3CCC3)n2)cnc1OCC(F)(F)F. The van der Waals surface area contributed by atoms with Gasteiger partial charge >= 0.3 is 6.18 Å². The number of aryl methyl sites for hydroxylation is 1. The Kier molecular flexibility index (Phi) is 6.87. The molecule has 1 fully saturated rings. The summed E-state index contributed by atoms with van der Waals surface area (Å²) < 4.78 is 41.6. The number of aromatic nitrogens is 3. The van der Waals surface area contributed by atoms with E-state index in [-0.39, 0.29) is 29.7 Å². The van der Waals surface area contributed by atoms with Gasteiger partial charge in [0.05, 0.1) is 12.5 Å². The summed E-state index contributed by atoms with van der Waals surface area (Å²) in [5.74, 6) is -0.106. The number of amides is 1. The van der Waals surface area contributed by atoms with E-state index in [0.717, 1.165) is 19.3 Å². The van der Waals surface area contributed by atoms with E-state index < -0.39 is 24.7 Å². The van der Waals surface area contributed by atoms with Crippen LogP contribution in [0.3, 0.4) is 0 Å². The number of alkyl halides is 3. The molecule has 1 saturated carbocycles. The molecular weight excluding hydrogens is 413 g/mol. The van der Waals surface area contributed by atoms with Gasteiger partial charge in [-0.1, -0.05) is 6.42 Å². The number of hydrogen-bond acceptors (Lipinski definition) is 6. The van der Waals surface area contributed by atoms with Crippen LogP contribution in [0.4, 0.5) is 13.2 Å². The van der Waals surface area contributed by atoms with Crippen molar-refractivity contribution in [3.05, 3.63) is 47.2 Å². The van der Waals surface area contributed by atoms with Crippen molar-refractivity contribution in [1.82, 2.24) is 20.3 Å². The van der Waals surface area contributed by atoms with E-state index in [4.69, 9.17) is 4.74 Å². The molecule has 0 spiro atoms. The molecular formula is C21H23F3N4O3. The number of ketones is 1. The molecule has 1 aliphatic rings. The van der Waals surface area contributed by atoms with Gasteiger partial charge < -0.3 is 10.1 Å². The van der Waals surface area contributed by atoms with Crippen LogP contribution >= 0.6 is 0 Å². The Bertz CT molecular complexity index is 961. The summed E-state index contributed by atoms with van der Waals surface area (Å²) in [5.41, 5.74) is 1.15. The lowest BCUT2D eigenvalue weighted by atomic mass is 9.81. The maximum Gasteiger partial charge on any atom is 0.422 e. The van der Waals surface area contributed by atoms with Gasteiger partial charge in [-0.15, -0.1) is 0 Å². The number of ether oxygens (including phenoxy) is 1. The molecule has 2 heterocycles. The fraction of sp³-hybridized carbons (Fsp3) is 0.476. The average Bonchev–Trinajstić information content (AvgIpc) is 2.65. The quantitative estimate of drug-likeness (QED) is 0.681. The van der Waals surface area contributed by atoms with E-state index in [0.29, 0.717) is 17.0 Å². The highest BCUT2D eigenvalue weighted by atomic mass is 19.4. The van der Waals surface area contributed by atoms with Crippen molar-refractivity contribution in [3.8, 4) is 5.88 Å². The molecule has 10 heteroatoms. The Hall–Kier alpha value is -3.04. The van der Waals surface area contributed by atoms with E-state index >= 15 is 0 Å². The topological polar surface area (TPSA) is 94.1 Å². The van der Waals surface area contributed by atoms with Crippen molar-refractivity contribution < 1.29 is 27.5 Å². The summed E-state index contributed by atoms with van der Waals surface area (Å²) in [5, 5.41) is 2.77. The van der Waals surface area contributed by atoms with Gasteiger partial charge in [-0.05, 0) is 44.4 Å². The number of carbonyl (C=O) groups is 2. The van der Waals surface area contributed by atoms with Crippen LogP contribution in [-0.2, 0) is 11.2 Å². The number of Topliss-reactive ketones (excluding diaryl/α,β-unsaturated/α-hetero) is 1. The Morgan fingerprint density at radius 2 is 2.03 bits per heavy atom. The maximum atomic E-state index is 12.6. The van der Waals surface area contributed by atoms with Gasteiger partial charge in [0.15, 0.2) is 6.61 Å². The number of halogens is 3. The third kappa shape index (κ3) is 6.22. The van der Waals surface area contributed by atoms with Gasteiger partial charge in [-0.2, -0.15) is 13.2 Å². The zero-order valence-electron chi connectivity index (χ0n) is 17.2. The molecule has 1 N–H and O–H groups in total. The third-order valence-electron chi connectivity index (χ3n) is 5.10. The van der Waals surface area contributed by atoms with Gasteiger partial charge in [-0.3, -0.25) is 9.59 Å². The van der Waals surface area contributed by atoms with Crippen molar-refractivity contribution in [2.75, 3.05) is 6.61 Å². The van der Waals surface area contributed by atoms with Gasteiger partial charge in [0.2, 0.25) is 5.88 Å². The van der Waals surface area contributed by atoms with Crippen LogP contribution in [0, 0.1) is 12.8 Å². The van der Waals surface area contributed by atoms with E-state index in [1.807, 2.05) is 0 Å². The summed E-state index contributed by atoms with van der Waals surface area (Å²) in [4.78, 5) is 36.9. The van der Waals surface area contributed by atoms with Gasteiger partial charge in [0, 0.05) is 23.9 Å². The van der Waals surface area contributed by atoms with Gasteiger partial charge in [0.25, 0.3) is 5.91 Å². The third-order valence-corrected chi connectivity index (χ3v) is 5.10. The summed E-state index contributed by atoms with van der Waals surface area (Å²) >= 11 is 0. The zero-order valence-corrected chi connectivity index (χ0v) is 17.2. The highest BCUT2D eigenvalue weighted by molar-refractivity contribution is 5.92. The molecule has 2 aromatic heterocycles. The molecule has 7 nitrogen and oxygen atoms in total.